The van der Waals surface area contributed by atoms with Crippen LogP contribution >= 0.6 is 34.8 Å². The van der Waals surface area contributed by atoms with Crippen LogP contribution in [0.1, 0.15) is 5.56 Å². The van der Waals surface area contributed by atoms with E-state index >= 15 is 0 Å². The van der Waals surface area contributed by atoms with Gasteiger partial charge in [0.1, 0.15) is 0 Å². The molecule has 1 aromatic carbocycles. The summed E-state index contributed by atoms with van der Waals surface area (Å²) >= 11 is 17.8. The number of halogens is 4. The highest BCUT2D eigenvalue weighted by atomic mass is 35.5. The summed E-state index contributed by atoms with van der Waals surface area (Å²) in [6.07, 6.45) is 0.0887. The van der Waals surface area contributed by atoms with Crippen molar-refractivity contribution < 1.29 is 4.39 Å². The third-order valence-corrected chi connectivity index (χ3v) is 3.74. The highest BCUT2D eigenvalue weighted by molar-refractivity contribution is 6.49. The second-order valence-electron chi connectivity index (χ2n) is 3.74. The van der Waals surface area contributed by atoms with Crippen LogP contribution in [0.4, 0.5) is 4.39 Å². The maximum atomic E-state index is 13.4. The van der Waals surface area contributed by atoms with Crippen LogP contribution in [-0.4, -0.2) is 4.98 Å². The molecule has 0 atom stereocenters. The quantitative estimate of drug-likeness (QED) is 0.583. The van der Waals surface area contributed by atoms with Crippen molar-refractivity contribution in [2.75, 3.05) is 0 Å². The van der Waals surface area contributed by atoms with Crippen molar-refractivity contribution in [3.05, 3.63) is 50.8 Å². The third-order valence-electron chi connectivity index (χ3n) is 2.45. The Morgan fingerprint density at radius 2 is 1.89 bits per heavy atom. The number of nitriles is 1. The van der Waals surface area contributed by atoms with Gasteiger partial charge in [0, 0.05) is 5.56 Å². The van der Waals surface area contributed by atoms with E-state index in [9.17, 15) is 4.39 Å². The minimum absolute atomic E-state index is 0.0887. The van der Waals surface area contributed by atoms with Gasteiger partial charge in [0.25, 0.3) is 0 Å². The Bertz CT molecular complexity index is 680. The zero-order chi connectivity index (χ0) is 14.0. The molecule has 0 fully saturated rings. The summed E-state index contributed by atoms with van der Waals surface area (Å²) in [6, 6.07) is 7.91. The number of hydrogen-bond donors (Lipinski definition) is 0. The van der Waals surface area contributed by atoms with Crippen molar-refractivity contribution in [2.24, 2.45) is 0 Å². The second kappa shape index (κ2) is 5.75. The maximum absolute atomic E-state index is 13.4. The molecule has 2 aromatic rings. The van der Waals surface area contributed by atoms with Gasteiger partial charge >= 0.3 is 0 Å². The molecule has 2 nitrogen and oxygen atoms in total. The molecule has 2 rings (SSSR count). The van der Waals surface area contributed by atoms with Gasteiger partial charge in [0.15, 0.2) is 0 Å². The first-order chi connectivity index (χ1) is 9.02. The first kappa shape index (κ1) is 14.1. The molecule has 0 N–H and O–H groups in total. The molecule has 0 aliphatic carbocycles. The second-order valence-corrected chi connectivity index (χ2v) is 4.90. The van der Waals surface area contributed by atoms with E-state index in [4.69, 9.17) is 40.1 Å². The van der Waals surface area contributed by atoms with Crippen molar-refractivity contribution in [1.82, 2.24) is 4.98 Å². The fourth-order valence-corrected chi connectivity index (χ4v) is 2.24. The molecule has 0 aliphatic rings. The van der Waals surface area contributed by atoms with E-state index in [1.165, 1.54) is 6.07 Å². The van der Waals surface area contributed by atoms with Gasteiger partial charge in [-0.25, -0.2) is 4.98 Å². The lowest BCUT2D eigenvalue weighted by Crippen LogP contribution is -1.93. The number of hydrogen-bond acceptors (Lipinski definition) is 2. The number of rotatable bonds is 2. The zero-order valence-electron chi connectivity index (χ0n) is 9.42. The summed E-state index contributed by atoms with van der Waals surface area (Å²) in [5.74, 6) is -0.676. The predicted octanol–water partition coefficient (Wildman–Crippen LogP) is 4.91. The van der Waals surface area contributed by atoms with Gasteiger partial charge < -0.3 is 0 Å². The molecule has 0 amide bonds. The SMILES string of the molecule is N#CCc1cc(F)nc(-c2ccc(Cl)c(Cl)c2Cl)c1. The largest absolute Gasteiger partial charge is 0.220 e. The first-order valence-corrected chi connectivity index (χ1v) is 6.33. The smallest absolute Gasteiger partial charge is 0.213 e. The van der Waals surface area contributed by atoms with Crippen LogP contribution in [0.15, 0.2) is 24.3 Å². The van der Waals surface area contributed by atoms with E-state index in [2.05, 4.69) is 4.98 Å². The Balaban J connectivity index is 2.59. The van der Waals surface area contributed by atoms with Crippen LogP contribution in [0.5, 0.6) is 0 Å². The van der Waals surface area contributed by atoms with Crippen molar-refractivity contribution in [3.63, 3.8) is 0 Å². The Hall–Kier alpha value is -1.34. The van der Waals surface area contributed by atoms with Crippen LogP contribution in [0, 0.1) is 17.3 Å². The molecule has 1 aromatic heterocycles. The minimum Gasteiger partial charge on any atom is -0.220 e. The Morgan fingerprint density at radius 3 is 2.58 bits per heavy atom. The fourth-order valence-electron chi connectivity index (χ4n) is 1.60. The highest BCUT2D eigenvalue weighted by Crippen LogP contribution is 2.37. The predicted molar refractivity (Wildman–Crippen MR) is 74.0 cm³/mol. The summed E-state index contributed by atoms with van der Waals surface area (Å²) in [6.45, 7) is 0. The molecule has 6 heteroatoms. The van der Waals surface area contributed by atoms with Crippen LogP contribution in [0.3, 0.4) is 0 Å². The zero-order valence-corrected chi connectivity index (χ0v) is 11.7. The monoisotopic (exact) mass is 314 g/mol. The normalized spacial score (nSPS) is 10.3. The lowest BCUT2D eigenvalue weighted by molar-refractivity contribution is 0.583. The lowest BCUT2D eigenvalue weighted by atomic mass is 10.1. The van der Waals surface area contributed by atoms with E-state index < -0.39 is 5.95 Å². The van der Waals surface area contributed by atoms with Crippen LogP contribution in [0.2, 0.25) is 15.1 Å². The summed E-state index contributed by atoms with van der Waals surface area (Å²) in [5.41, 5.74) is 1.30. The van der Waals surface area contributed by atoms with Crippen molar-refractivity contribution in [2.45, 2.75) is 6.42 Å². The molecule has 0 bridgehead atoms. The Morgan fingerprint density at radius 1 is 1.16 bits per heavy atom. The van der Waals surface area contributed by atoms with E-state index in [0.29, 0.717) is 21.8 Å². The minimum atomic E-state index is -0.676. The molecule has 0 unspecified atom stereocenters. The van der Waals surface area contributed by atoms with Crippen LogP contribution < -0.4 is 0 Å². The van der Waals surface area contributed by atoms with Crippen molar-refractivity contribution in [3.8, 4) is 17.3 Å². The fraction of sp³-hybridized carbons (Fsp3) is 0.0769. The molecule has 0 aliphatic heterocycles. The van der Waals surface area contributed by atoms with Gasteiger partial charge in [-0.1, -0.05) is 34.8 Å². The van der Waals surface area contributed by atoms with E-state index in [0.717, 1.165) is 0 Å². The third kappa shape index (κ3) is 2.98. The van der Waals surface area contributed by atoms with Gasteiger partial charge in [0.2, 0.25) is 5.95 Å². The molecule has 96 valence electrons. The highest BCUT2D eigenvalue weighted by Gasteiger charge is 2.13. The molecule has 0 saturated heterocycles. The summed E-state index contributed by atoms with van der Waals surface area (Å²) in [4.78, 5) is 3.76. The van der Waals surface area contributed by atoms with Crippen LogP contribution in [0.25, 0.3) is 11.3 Å². The van der Waals surface area contributed by atoms with Gasteiger partial charge in [0.05, 0.1) is 33.3 Å². The Labute approximate surface area is 124 Å². The van der Waals surface area contributed by atoms with Gasteiger partial charge in [-0.2, -0.15) is 9.65 Å². The van der Waals surface area contributed by atoms with Gasteiger partial charge in [-0.15, -0.1) is 0 Å². The lowest BCUT2D eigenvalue weighted by Gasteiger charge is -2.08. The van der Waals surface area contributed by atoms with Crippen molar-refractivity contribution in [1.29, 1.82) is 5.26 Å². The van der Waals surface area contributed by atoms with E-state index in [-0.39, 0.29) is 16.5 Å². The average molecular weight is 316 g/mol. The average Bonchev–Trinajstić information content (AvgIpc) is 2.36. The molecule has 0 saturated carbocycles. The molecule has 0 radical (unpaired) electrons. The maximum Gasteiger partial charge on any atom is 0.213 e. The molecule has 19 heavy (non-hydrogen) atoms. The van der Waals surface area contributed by atoms with Gasteiger partial charge in [-0.3, -0.25) is 0 Å². The molecular formula is C13H6Cl3FN2. The van der Waals surface area contributed by atoms with Gasteiger partial charge in [-0.05, 0) is 29.8 Å². The molecular weight excluding hydrogens is 310 g/mol. The summed E-state index contributed by atoms with van der Waals surface area (Å²) in [5, 5.41) is 9.35. The number of nitrogens with zero attached hydrogens (tertiary/aromatic N) is 2. The van der Waals surface area contributed by atoms with E-state index in [1.807, 2.05) is 6.07 Å². The van der Waals surface area contributed by atoms with Crippen LogP contribution in [-0.2, 0) is 6.42 Å². The molecule has 1 heterocycles. The number of pyridine rings is 1. The molecule has 0 spiro atoms. The number of aromatic nitrogens is 1. The summed E-state index contributed by atoms with van der Waals surface area (Å²) in [7, 11) is 0. The van der Waals surface area contributed by atoms with E-state index in [1.54, 1.807) is 18.2 Å². The summed E-state index contributed by atoms with van der Waals surface area (Å²) < 4.78 is 13.4. The Kier molecular flexibility index (Phi) is 4.26. The first-order valence-electron chi connectivity index (χ1n) is 5.20. The topological polar surface area (TPSA) is 36.7 Å². The van der Waals surface area contributed by atoms with Crippen molar-refractivity contribution >= 4 is 34.8 Å². The number of benzene rings is 1. The standard InChI is InChI=1S/C13H6Cl3FN2/c14-9-2-1-8(12(15)13(9)16)10-5-7(3-4-18)6-11(17)19-10/h1-2,5-6H,3H2.